The molecular weight excluding hydrogens is 276 g/mol. The van der Waals surface area contributed by atoms with Crippen LogP contribution >= 0.6 is 22.9 Å². The molecule has 2 nitrogen and oxygen atoms in total. The Labute approximate surface area is 125 Å². The number of aryl methyl sites for hydroxylation is 1. The van der Waals surface area contributed by atoms with Gasteiger partial charge in [0, 0.05) is 18.5 Å². The topological polar surface area (TPSA) is 16.1 Å². The van der Waals surface area contributed by atoms with Crippen LogP contribution in [0.25, 0.3) is 0 Å². The van der Waals surface area contributed by atoms with Gasteiger partial charge in [-0.25, -0.2) is 4.98 Å². The van der Waals surface area contributed by atoms with Crippen LogP contribution in [0.3, 0.4) is 0 Å². The Bertz CT molecular complexity index is 395. The number of alkyl halides is 1. The van der Waals surface area contributed by atoms with Crippen molar-refractivity contribution < 1.29 is 0 Å². The molecule has 1 aromatic rings. The average molecular weight is 299 g/mol. The molecule has 3 rings (SSSR count). The van der Waals surface area contributed by atoms with E-state index in [-0.39, 0.29) is 0 Å². The number of unbranched alkanes of at least 4 members (excludes halogenated alkanes) is 1. The summed E-state index contributed by atoms with van der Waals surface area (Å²) < 4.78 is 0. The summed E-state index contributed by atoms with van der Waals surface area (Å²) in [5.41, 5.74) is 1.04. The minimum atomic E-state index is 0.549. The van der Waals surface area contributed by atoms with E-state index >= 15 is 0 Å². The second-order valence-electron chi connectivity index (χ2n) is 6.03. The molecule has 1 aliphatic heterocycles. The van der Waals surface area contributed by atoms with Crippen LogP contribution in [0, 0.1) is 11.8 Å². The molecule has 1 saturated carbocycles. The third-order valence-corrected chi connectivity index (χ3v) is 5.88. The molecule has 1 saturated heterocycles. The maximum absolute atomic E-state index is 5.77. The van der Waals surface area contributed by atoms with Gasteiger partial charge in [0.05, 0.1) is 16.6 Å². The lowest BCUT2D eigenvalue weighted by Gasteiger charge is -2.16. The maximum atomic E-state index is 5.77. The van der Waals surface area contributed by atoms with Crippen molar-refractivity contribution in [2.45, 2.75) is 44.4 Å². The average Bonchev–Trinajstić information content (AvgIpc) is 3.09. The number of thiazole rings is 1. The first-order valence-corrected chi connectivity index (χ1v) is 8.98. The van der Waals surface area contributed by atoms with Crippen molar-refractivity contribution in [3.8, 4) is 0 Å². The second-order valence-corrected chi connectivity index (χ2v) is 7.24. The number of halogens is 1. The summed E-state index contributed by atoms with van der Waals surface area (Å²) in [7, 11) is 0. The van der Waals surface area contributed by atoms with Crippen LogP contribution in [0.15, 0.2) is 5.38 Å². The lowest BCUT2D eigenvalue weighted by atomic mass is 10.0. The van der Waals surface area contributed by atoms with Gasteiger partial charge < -0.3 is 4.90 Å². The molecule has 2 unspecified atom stereocenters. The van der Waals surface area contributed by atoms with Crippen LogP contribution in [0.2, 0.25) is 0 Å². The Morgan fingerprint density at radius 3 is 2.74 bits per heavy atom. The molecular formula is C15H23ClN2S. The smallest absolute Gasteiger partial charge is 0.0928 e. The molecule has 2 atom stereocenters. The zero-order chi connectivity index (χ0) is 13.1. The van der Waals surface area contributed by atoms with Crippen molar-refractivity contribution in [1.29, 1.82) is 0 Å². The molecule has 2 fully saturated rings. The number of hydrogen-bond donors (Lipinski definition) is 0. The van der Waals surface area contributed by atoms with Gasteiger partial charge in [-0.2, -0.15) is 0 Å². The fraction of sp³-hybridized carbons (Fsp3) is 0.800. The van der Waals surface area contributed by atoms with E-state index in [1.807, 2.05) is 0 Å². The van der Waals surface area contributed by atoms with Gasteiger partial charge in [-0.15, -0.1) is 22.9 Å². The van der Waals surface area contributed by atoms with Crippen LogP contribution < -0.4 is 0 Å². The largest absolute Gasteiger partial charge is 0.303 e. The molecule has 4 heteroatoms. The summed E-state index contributed by atoms with van der Waals surface area (Å²) in [6, 6.07) is 0. The van der Waals surface area contributed by atoms with Crippen molar-refractivity contribution in [2.75, 3.05) is 19.6 Å². The molecule has 2 heterocycles. The Morgan fingerprint density at radius 1 is 1.26 bits per heavy atom. The molecule has 2 aliphatic rings. The van der Waals surface area contributed by atoms with E-state index < -0.39 is 0 Å². The quantitative estimate of drug-likeness (QED) is 0.584. The molecule has 19 heavy (non-hydrogen) atoms. The molecule has 1 aliphatic carbocycles. The van der Waals surface area contributed by atoms with Gasteiger partial charge in [-0.3, -0.25) is 0 Å². The highest BCUT2D eigenvalue weighted by Crippen LogP contribution is 2.37. The Balaban J connectivity index is 1.33. The SMILES string of the molecule is ClCc1csc(CCCCN2CC3CCCC3C2)n1. The predicted molar refractivity (Wildman–Crippen MR) is 81.9 cm³/mol. The predicted octanol–water partition coefficient (Wildman–Crippen LogP) is 3.94. The van der Waals surface area contributed by atoms with E-state index in [9.17, 15) is 0 Å². The summed E-state index contributed by atoms with van der Waals surface area (Å²) in [4.78, 5) is 7.21. The van der Waals surface area contributed by atoms with Crippen molar-refractivity contribution in [1.82, 2.24) is 9.88 Å². The van der Waals surface area contributed by atoms with Crippen LogP contribution in [0.4, 0.5) is 0 Å². The fourth-order valence-electron chi connectivity index (χ4n) is 3.65. The van der Waals surface area contributed by atoms with E-state index in [4.69, 9.17) is 11.6 Å². The molecule has 0 spiro atoms. The first-order chi connectivity index (χ1) is 9.35. The second kappa shape index (κ2) is 6.55. The summed E-state index contributed by atoms with van der Waals surface area (Å²) in [6.07, 6.45) is 8.16. The van der Waals surface area contributed by atoms with Gasteiger partial charge in [-0.1, -0.05) is 6.42 Å². The molecule has 0 bridgehead atoms. The van der Waals surface area contributed by atoms with Crippen LogP contribution in [-0.2, 0) is 12.3 Å². The van der Waals surface area contributed by atoms with Gasteiger partial charge in [0.1, 0.15) is 0 Å². The minimum absolute atomic E-state index is 0.549. The van der Waals surface area contributed by atoms with Crippen molar-refractivity contribution in [2.24, 2.45) is 11.8 Å². The summed E-state index contributed by atoms with van der Waals surface area (Å²) in [6.45, 7) is 4.04. The lowest BCUT2D eigenvalue weighted by molar-refractivity contribution is 0.304. The third-order valence-electron chi connectivity index (χ3n) is 4.65. The maximum Gasteiger partial charge on any atom is 0.0928 e. The molecule has 0 amide bonds. The number of rotatable bonds is 6. The lowest BCUT2D eigenvalue weighted by Crippen LogP contribution is -2.22. The van der Waals surface area contributed by atoms with E-state index in [0.29, 0.717) is 5.88 Å². The minimum Gasteiger partial charge on any atom is -0.303 e. The molecule has 0 radical (unpaired) electrons. The third kappa shape index (κ3) is 3.50. The van der Waals surface area contributed by atoms with Crippen LogP contribution in [-0.4, -0.2) is 29.5 Å². The van der Waals surface area contributed by atoms with E-state index in [2.05, 4.69) is 15.3 Å². The number of fused-ring (bicyclic) bond motifs is 1. The zero-order valence-corrected chi connectivity index (χ0v) is 13.1. The summed E-state index contributed by atoms with van der Waals surface area (Å²) in [5, 5.41) is 3.35. The highest BCUT2D eigenvalue weighted by molar-refractivity contribution is 7.09. The zero-order valence-electron chi connectivity index (χ0n) is 11.5. The van der Waals surface area contributed by atoms with Crippen LogP contribution in [0.5, 0.6) is 0 Å². The normalized spacial score (nSPS) is 27.0. The number of aromatic nitrogens is 1. The summed E-state index contributed by atoms with van der Waals surface area (Å²) in [5.74, 6) is 2.61. The standard InChI is InChI=1S/C15H23ClN2S/c16-8-14-11-19-15(17-14)6-1-2-7-18-9-12-4-3-5-13(12)10-18/h11-13H,1-10H2. The van der Waals surface area contributed by atoms with E-state index in [0.717, 1.165) is 24.0 Å². The molecule has 0 aromatic carbocycles. The van der Waals surface area contributed by atoms with E-state index in [1.165, 1.54) is 56.7 Å². The number of nitrogens with zero attached hydrogens (tertiary/aromatic N) is 2. The van der Waals surface area contributed by atoms with Crippen LogP contribution in [0.1, 0.15) is 42.8 Å². The van der Waals surface area contributed by atoms with Gasteiger partial charge in [0.15, 0.2) is 0 Å². The highest BCUT2D eigenvalue weighted by Gasteiger charge is 2.35. The fourth-order valence-corrected chi connectivity index (χ4v) is 4.72. The Morgan fingerprint density at radius 2 is 2.05 bits per heavy atom. The monoisotopic (exact) mass is 298 g/mol. The molecule has 1 aromatic heterocycles. The number of likely N-dealkylation sites (tertiary alicyclic amines) is 1. The molecule has 0 N–H and O–H groups in total. The highest BCUT2D eigenvalue weighted by atomic mass is 35.5. The van der Waals surface area contributed by atoms with Crippen molar-refractivity contribution in [3.63, 3.8) is 0 Å². The van der Waals surface area contributed by atoms with Gasteiger partial charge in [0.25, 0.3) is 0 Å². The summed E-state index contributed by atoms with van der Waals surface area (Å²) >= 11 is 7.53. The Kier molecular flexibility index (Phi) is 4.78. The van der Waals surface area contributed by atoms with Crippen molar-refractivity contribution in [3.05, 3.63) is 16.1 Å². The Hall–Kier alpha value is -0.120. The molecule has 106 valence electrons. The van der Waals surface area contributed by atoms with Gasteiger partial charge >= 0.3 is 0 Å². The first kappa shape index (κ1) is 13.8. The van der Waals surface area contributed by atoms with Gasteiger partial charge in [-0.05, 0) is 50.5 Å². The van der Waals surface area contributed by atoms with Gasteiger partial charge in [0.2, 0.25) is 0 Å². The number of hydrogen-bond acceptors (Lipinski definition) is 3. The van der Waals surface area contributed by atoms with Crippen molar-refractivity contribution >= 4 is 22.9 Å². The first-order valence-electron chi connectivity index (χ1n) is 7.57. The van der Waals surface area contributed by atoms with E-state index in [1.54, 1.807) is 11.3 Å².